The van der Waals surface area contributed by atoms with Crippen LogP contribution in [0.5, 0.6) is 0 Å². The van der Waals surface area contributed by atoms with E-state index < -0.39 is 0 Å². The molecule has 2 unspecified atom stereocenters. The number of hydrogen-bond acceptors (Lipinski definition) is 3. The van der Waals surface area contributed by atoms with Gasteiger partial charge in [0, 0.05) is 11.3 Å². The van der Waals surface area contributed by atoms with Gasteiger partial charge in [-0.3, -0.25) is 4.99 Å². The lowest BCUT2D eigenvalue weighted by Crippen LogP contribution is -2.37. The van der Waals surface area contributed by atoms with Crippen molar-refractivity contribution in [3.05, 3.63) is 0 Å². The van der Waals surface area contributed by atoms with Crippen molar-refractivity contribution in [3.63, 3.8) is 0 Å². The van der Waals surface area contributed by atoms with Crippen LogP contribution in [0.25, 0.3) is 0 Å². The predicted molar refractivity (Wildman–Crippen MR) is 86.9 cm³/mol. The van der Waals surface area contributed by atoms with E-state index >= 15 is 0 Å². The van der Waals surface area contributed by atoms with E-state index in [-0.39, 0.29) is 0 Å². The van der Waals surface area contributed by atoms with E-state index in [0.29, 0.717) is 6.04 Å². The number of hydrogen-bond donors (Lipinski definition) is 1. The molecule has 3 heteroatoms. The molecular weight excluding hydrogens is 252 g/mol. The van der Waals surface area contributed by atoms with E-state index in [2.05, 4.69) is 26.1 Å². The maximum absolute atomic E-state index is 4.74. The van der Waals surface area contributed by atoms with Crippen LogP contribution < -0.4 is 5.32 Å². The molecule has 1 aliphatic carbocycles. The summed E-state index contributed by atoms with van der Waals surface area (Å²) in [6, 6.07) is 0.604. The highest BCUT2D eigenvalue weighted by Gasteiger charge is 2.28. The molecular formula is C16H30N2S. The SMILES string of the molecule is CCC(CC)C1CN=C(NC(C)C2CCCCC2)S1. The average molecular weight is 282 g/mol. The number of nitrogens with one attached hydrogen (secondary N) is 1. The minimum absolute atomic E-state index is 0.604. The molecule has 2 rings (SSSR count). The van der Waals surface area contributed by atoms with Crippen LogP contribution >= 0.6 is 11.8 Å². The third-order valence-corrected chi connectivity index (χ3v) is 6.27. The van der Waals surface area contributed by atoms with Crippen LogP contribution in [0.4, 0.5) is 0 Å². The molecule has 2 atom stereocenters. The summed E-state index contributed by atoms with van der Waals surface area (Å²) in [6.07, 6.45) is 9.67. The summed E-state index contributed by atoms with van der Waals surface area (Å²) in [6.45, 7) is 8.00. The zero-order valence-electron chi connectivity index (χ0n) is 12.8. The molecule has 2 nitrogen and oxygen atoms in total. The fourth-order valence-electron chi connectivity index (χ4n) is 3.48. The fraction of sp³-hybridized carbons (Fsp3) is 0.938. The van der Waals surface area contributed by atoms with Crippen LogP contribution in [0.15, 0.2) is 4.99 Å². The van der Waals surface area contributed by atoms with Crippen molar-refractivity contribution < 1.29 is 0 Å². The van der Waals surface area contributed by atoms with Gasteiger partial charge in [-0.05, 0) is 31.6 Å². The first-order valence-corrected chi connectivity index (χ1v) is 9.10. The summed E-state index contributed by atoms with van der Waals surface area (Å²) in [5, 5.41) is 5.63. The van der Waals surface area contributed by atoms with Crippen molar-refractivity contribution in [2.45, 2.75) is 77.0 Å². The molecule has 1 aliphatic heterocycles. The number of rotatable bonds is 5. The Balaban J connectivity index is 1.77. The Bertz CT molecular complexity index is 293. The van der Waals surface area contributed by atoms with Gasteiger partial charge >= 0.3 is 0 Å². The van der Waals surface area contributed by atoms with Gasteiger partial charge in [0.2, 0.25) is 0 Å². The molecule has 2 aliphatic rings. The van der Waals surface area contributed by atoms with Crippen molar-refractivity contribution >= 4 is 16.9 Å². The molecule has 19 heavy (non-hydrogen) atoms. The molecule has 1 saturated carbocycles. The molecule has 0 radical (unpaired) electrons. The molecule has 0 aromatic heterocycles. The molecule has 0 bridgehead atoms. The van der Waals surface area contributed by atoms with Gasteiger partial charge in [0.1, 0.15) is 0 Å². The van der Waals surface area contributed by atoms with Crippen LogP contribution in [0, 0.1) is 11.8 Å². The summed E-state index contributed by atoms with van der Waals surface area (Å²) in [5.74, 6) is 1.70. The number of amidine groups is 1. The Kier molecular flexibility index (Phi) is 6.06. The fourth-order valence-corrected chi connectivity index (χ4v) is 4.89. The van der Waals surface area contributed by atoms with Crippen LogP contribution in [-0.2, 0) is 0 Å². The highest BCUT2D eigenvalue weighted by molar-refractivity contribution is 8.14. The number of aliphatic imine (C=N–C) groups is 1. The van der Waals surface area contributed by atoms with E-state index in [4.69, 9.17) is 4.99 Å². The van der Waals surface area contributed by atoms with E-state index in [1.807, 2.05) is 11.8 Å². The Hall–Kier alpha value is -0.180. The predicted octanol–water partition coefficient (Wildman–Crippen LogP) is 4.45. The maximum Gasteiger partial charge on any atom is 0.157 e. The quantitative estimate of drug-likeness (QED) is 0.805. The zero-order chi connectivity index (χ0) is 13.7. The molecule has 0 aromatic carbocycles. The monoisotopic (exact) mass is 282 g/mol. The smallest absolute Gasteiger partial charge is 0.157 e. The summed E-state index contributed by atoms with van der Waals surface area (Å²) < 4.78 is 0. The highest BCUT2D eigenvalue weighted by atomic mass is 32.2. The summed E-state index contributed by atoms with van der Waals surface area (Å²) in [7, 11) is 0. The Morgan fingerprint density at radius 1 is 1.21 bits per heavy atom. The molecule has 110 valence electrons. The van der Waals surface area contributed by atoms with Gasteiger partial charge in [-0.1, -0.05) is 57.7 Å². The number of thioether (sulfide) groups is 1. The first kappa shape index (κ1) is 15.2. The third kappa shape index (κ3) is 4.14. The summed E-state index contributed by atoms with van der Waals surface area (Å²) in [5.41, 5.74) is 0. The Morgan fingerprint density at radius 2 is 1.89 bits per heavy atom. The summed E-state index contributed by atoms with van der Waals surface area (Å²) >= 11 is 2.00. The standard InChI is InChI=1S/C16H30N2S/c1-4-13(5-2)15-11-17-16(19-15)18-12(3)14-9-7-6-8-10-14/h12-15H,4-11H2,1-3H3,(H,17,18). The normalized spacial score (nSPS) is 26.5. The minimum Gasteiger partial charge on any atom is -0.362 e. The van der Waals surface area contributed by atoms with Crippen LogP contribution in [0.1, 0.15) is 65.7 Å². The van der Waals surface area contributed by atoms with E-state index in [0.717, 1.165) is 23.6 Å². The van der Waals surface area contributed by atoms with Crippen LogP contribution in [0.3, 0.4) is 0 Å². The minimum atomic E-state index is 0.604. The Labute approximate surface area is 123 Å². The molecule has 0 amide bonds. The molecule has 1 N–H and O–H groups in total. The van der Waals surface area contributed by atoms with Crippen LogP contribution in [-0.4, -0.2) is 23.0 Å². The van der Waals surface area contributed by atoms with E-state index in [9.17, 15) is 0 Å². The molecule has 0 aromatic rings. The van der Waals surface area contributed by atoms with Gasteiger partial charge < -0.3 is 5.32 Å². The van der Waals surface area contributed by atoms with Gasteiger partial charge in [0.05, 0.1) is 6.54 Å². The van der Waals surface area contributed by atoms with Gasteiger partial charge in [-0.2, -0.15) is 0 Å². The van der Waals surface area contributed by atoms with Crippen molar-refractivity contribution in [2.24, 2.45) is 16.8 Å². The summed E-state index contributed by atoms with van der Waals surface area (Å²) in [4.78, 5) is 4.74. The maximum atomic E-state index is 4.74. The molecule has 0 saturated heterocycles. The number of nitrogens with zero attached hydrogens (tertiary/aromatic N) is 1. The van der Waals surface area contributed by atoms with Crippen molar-refractivity contribution in [3.8, 4) is 0 Å². The van der Waals surface area contributed by atoms with E-state index in [1.165, 1.54) is 50.1 Å². The molecule has 1 heterocycles. The molecule has 0 spiro atoms. The average Bonchev–Trinajstić information content (AvgIpc) is 2.89. The van der Waals surface area contributed by atoms with Crippen molar-refractivity contribution in [1.29, 1.82) is 0 Å². The lowest BCUT2D eigenvalue weighted by atomic mass is 9.85. The second kappa shape index (κ2) is 7.56. The lowest BCUT2D eigenvalue weighted by Gasteiger charge is -2.29. The third-order valence-electron chi connectivity index (χ3n) is 4.96. The van der Waals surface area contributed by atoms with Crippen LogP contribution in [0.2, 0.25) is 0 Å². The van der Waals surface area contributed by atoms with Gasteiger partial charge in [-0.15, -0.1) is 0 Å². The highest BCUT2D eigenvalue weighted by Crippen LogP contribution is 2.32. The first-order chi connectivity index (χ1) is 9.24. The van der Waals surface area contributed by atoms with Crippen molar-refractivity contribution in [2.75, 3.05) is 6.54 Å². The largest absolute Gasteiger partial charge is 0.362 e. The molecule has 1 fully saturated rings. The first-order valence-electron chi connectivity index (χ1n) is 8.22. The topological polar surface area (TPSA) is 24.4 Å². The van der Waals surface area contributed by atoms with E-state index in [1.54, 1.807) is 0 Å². The lowest BCUT2D eigenvalue weighted by molar-refractivity contribution is 0.302. The van der Waals surface area contributed by atoms with Gasteiger partial charge in [-0.25, -0.2) is 0 Å². The second-order valence-corrected chi connectivity index (χ2v) is 7.44. The second-order valence-electron chi connectivity index (χ2n) is 6.21. The Morgan fingerprint density at radius 3 is 2.53 bits per heavy atom. The van der Waals surface area contributed by atoms with Gasteiger partial charge in [0.25, 0.3) is 0 Å². The van der Waals surface area contributed by atoms with Gasteiger partial charge in [0.15, 0.2) is 5.17 Å². The zero-order valence-corrected chi connectivity index (χ0v) is 13.6. The van der Waals surface area contributed by atoms with Crippen molar-refractivity contribution in [1.82, 2.24) is 5.32 Å².